The molecule has 4 aromatic rings. The summed E-state index contributed by atoms with van der Waals surface area (Å²) in [5.41, 5.74) is 9.52. The van der Waals surface area contributed by atoms with Crippen LogP contribution < -0.4 is 21.3 Å². The third kappa shape index (κ3) is 6.88. The van der Waals surface area contributed by atoms with Gasteiger partial charge in [0.25, 0.3) is 0 Å². The molecular formula is C32H31F2N5O2. The predicted octanol–water partition coefficient (Wildman–Crippen LogP) is 6.01. The maximum absolute atomic E-state index is 13.7. The van der Waals surface area contributed by atoms with Gasteiger partial charge in [0.05, 0.1) is 17.4 Å². The van der Waals surface area contributed by atoms with E-state index in [4.69, 9.17) is 5.73 Å². The van der Waals surface area contributed by atoms with Gasteiger partial charge in [0, 0.05) is 37.4 Å². The smallest absolute Gasteiger partial charge is 0.323 e. The van der Waals surface area contributed by atoms with Crippen molar-refractivity contribution in [2.24, 2.45) is 5.73 Å². The first-order valence-electron chi connectivity index (χ1n) is 13.4. The van der Waals surface area contributed by atoms with E-state index >= 15 is 0 Å². The van der Waals surface area contributed by atoms with Crippen molar-refractivity contribution in [3.05, 3.63) is 125 Å². The van der Waals surface area contributed by atoms with Gasteiger partial charge in [-0.3, -0.25) is 9.69 Å². The number of para-hydroxylation sites is 1. The topological polar surface area (TPSA) is 90.7 Å². The Bertz CT molecular complexity index is 1450. The van der Waals surface area contributed by atoms with E-state index in [0.717, 1.165) is 29.8 Å². The van der Waals surface area contributed by atoms with Crippen LogP contribution in [-0.4, -0.2) is 43.0 Å². The number of hydrogen-bond acceptors (Lipinski definition) is 4. The van der Waals surface area contributed by atoms with Gasteiger partial charge in [-0.15, -0.1) is 0 Å². The number of nitrogens with one attached hydrogen (secondary N) is 2. The molecule has 210 valence electrons. The number of hydrogen-bond donors (Lipinski definition) is 3. The third-order valence-electron chi connectivity index (χ3n) is 7.17. The van der Waals surface area contributed by atoms with Gasteiger partial charge < -0.3 is 21.3 Å². The summed E-state index contributed by atoms with van der Waals surface area (Å²) in [6.07, 6.45) is 0.798. The number of nitrogens with two attached hydrogens (primary N) is 1. The van der Waals surface area contributed by atoms with Crippen LogP contribution >= 0.6 is 0 Å². The first-order chi connectivity index (χ1) is 19.9. The predicted molar refractivity (Wildman–Crippen MR) is 157 cm³/mol. The Labute approximate surface area is 237 Å². The number of halogens is 2. The molecule has 0 unspecified atom stereocenters. The highest BCUT2D eigenvalue weighted by atomic mass is 19.1. The lowest BCUT2D eigenvalue weighted by atomic mass is 9.96. The zero-order valence-corrected chi connectivity index (χ0v) is 22.4. The van der Waals surface area contributed by atoms with Gasteiger partial charge in [-0.25, -0.2) is 13.6 Å². The standard InChI is InChI=1S/C32H31F2N5O2/c33-25-12-7-22(8-13-25)30(23-9-14-26(34)15-10-23)39-18-4-17-38(19-20-39)29-16-11-24(31(35)40)21-28(29)37-32(41)36-27-5-2-1-3-6-27/h1-3,5-16,21,30H,4,17-20H2,(H2,35,40)(H2,36,37,41). The monoisotopic (exact) mass is 555 g/mol. The number of rotatable bonds is 7. The molecule has 41 heavy (non-hydrogen) atoms. The van der Waals surface area contributed by atoms with E-state index in [0.29, 0.717) is 31.0 Å². The fourth-order valence-corrected chi connectivity index (χ4v) is 5.21. The van der Waals surface area contributed by atoms with Crippen LogP contribution in [0, 0.1) is 11.6 Å². The molecule has 0 atom stereocenters. The molecular weight excluding hydrogens is 524 g/mol. The summed E-state index contributed by atoms with van der Waals surface area (Å²) in [6, 6.07) is 26.3. The van der Waals surface area contributed by atoms with E-state index in [1.54, 1.807) is 54.6 Å². The lowest BCUT2D eigenvalue weighted by Gasteiger charge is -2.32. The minimum absolute atomic E-state index is 0.192. The van der Waals surface area contributed by atoms with Gasteiger partial charge >= 0.3 is 6.03 Å². The summed E-state index contributed by atoms with van der Waals surface area (Å²) in [7, 11) is 0. The molecule has 5 rings (SSSR count). The molecule has 0 bridgehead atoms. The maximum atomic E-state index is 13.7. The highest BCUT2D eigenvalue weighted by Gasteiger charge is 2.26. The molecule has 0 radical (unpaired) electrons. The average Bonchev–Trinajstić information content (AvgIpc) is 3.22. The first kappa shape index (κ1) is 27.8. The molecule has 7 nitrogen and oxygen atoms in total. The summed E-state index contributed by atoms with van der Waals surface area (Å²) in [5.74, 6) is -1.22. The van der Waals surface area contributed by atoms with E-state index in [9.17, 15) is 18.4 Å². The molecule has 0 saturated carbocycles. The Morgan fingerprint density at radius 1 is 0.732 bits per heavy atom. The summed E-state index contributed by atoms with van der Waals surface area (Å²) >= 11 is 0. The zero-order chi connectivity index (χ0) is 28.8. The molecule has 0 aromatic heterocycles. The number of carbonyl (C=O) groups excluding carboxylic acids is 2. The van der Waals surface area contributed by atoms with Gasteiger partial charge in [-0.2, -0.15) is 0 Å². The molecule has 0 spiro atoms. The molecule has 4 N–H and O–H groups in total. The van der Waals surface area contributed by atoms with Gasteiger partial charge in [-0.05, 0) is 72.1 Å². The van der Waals surface area contributed by atoms with Gasteiger partial charge in [0.15, 0.2) is 0 Å². The molecule has 1 fully saturated rings. The molecule has 0 aliphatic carbocycles. The molecule has 3 amide bonds. The van der Waals surface area contributed by atoms with Crippen LogP contribution in [0.5, 0.6) is 0 Å². The van der Waals surface area contributed by atoms with Crippen molar-refractivity contribution >= 4 is 29.0 Å². The second-order valence-corrected chi connectivity index (χ2v) is 9.92. The van der Waals surface area contributed by atoms with Crippen molar-refractivity contribution in [1.29, 1.82) is 0 Å². The Balaban J connectivity index is 1.39. The molecule has 4 aromatic carbocycles. The summed E-state index contributed by atoms with van der Waals surface area (Å²) < 4.78 is 27.5. The molecule has 1 aliphatic rings. The van der Waals surface area contributed by atoms with E-state index in [1.807, 2.05) is 18.2 Å². The van der Waals surface area contributed by atoms with E-state index in [-0.39, 0.29) is 23.2 Å². The minimum atomic E-state index is -0.591. The number of benzene rings is 4. The lowest BCUT2D eigenvalue weighted by molar-refractivity contribution is 0.1000. The van der Waals surface area contributed by atoms with Crippen molar-refractivity contribution in [2.75, 3.05) is 41.7 Å². The maximum Gasteiger partial charge on any atom is 0.323 e. The van der Waals surface area contributed by atoms with Gasteiger partial charge in [0.2, 0.25) is 5.91 Å². The quantitative estimate of drug-likeness (QED) is 0.261. The Morgan fingerprint density at radius 3 is 1.98 bits per heavy atom. The fraction of sp³-hybridized carbons (Fsp3) is 0.188. The number of amides is 3. The SMILES string of the molecule is NC(=O)c1ccc(N2CCCN(C(c3ccc(F)cc3)c3ccc(F)cc3)CC2)c(NC(=O)Nc2ccccc2)c1. The molecule has 1 saturated heterocycles. The number of nitrogens with zero attached hydrogens (tertiary/aromatic N) is 2. The molecule has 1 heterocycles. The Hall–Kier alpha value is -4.76. The first-order valence-corrected chi connectivity index (χ1v) is 13.4. The molecule has 9 heteroatoms. The van der Waals surface area contributed by atoms with E-state index in [1.165, 1.54) is 24.3 Å². The largest absolute Gasteiger partial charge is 0.369 e. The van der Waals surface area contributed by atoms with Crippen LogP contribution in [-0.2, 0) is 0 Å². The minimum Gasteiger partial charge on any atom is -0.369 e. The summed E-state index contributed by atoms with van der Waals surface area (Å²) in [4.78, 5) is 29.2. The van der Waals surface area contributed by atoms with Crippen LogP contribution in [0.1, 0.15) is 33.9 Å². The highest BCUT2D eigenvalue weighted by molar-refractivity contribution is 6.03. The van der Waals surface area contributed by atoms with E-state index < -0.39 is 11.9 Å². The van der Waals surface area contributed by atoms with E-state index in [2.05, 4.69) is 20.4 Å². The average molecular weight is 556 g/mol. The number of carbonyl (C=O) groups is 2. The number of urea groups is 1. The normalized spacial score (nSPS) is 14.0. The van der Waals surface area contributed by atoms with Gasteiger partial charge in [-0.1, -0.05) is 42.5 Å². The second kappa shape index (κ2) is 12.6. The summed E-state index contributed by atoms with van der Waals surface area (Å²) in [6.45, 7) is 2.70. The number of primary amides is 1. The van der Waals surface area contributed by atoms with Crippen molar-refractivity contribution in [3.8, 4) is 0 Å². The third-order valence-corrected chi connectivity index (χ3v) is 7.17. The van der Waals surface area contributed by atoms with Crippen molar-refractivity contribution in [1.82, 2.24) is 4.90 Å². The van der Waals surface area contributed by atoms with Crippen molar-refractivity contribution in [3.63, 3.8) is 0 Å². The second-order valence-electron chi connectivity index (χ2n) is 9.92. The fourth-order valence-electron chi connectivity index (χ4n) is 5.21. The summed E-state index contributed by atoms with van der Waals surface area (Å²) in [5, 5.41) is 5.69. The Morgan fingerprint density at radius 2 is 1.37 bits per heavy atom. The lowest BCUT2D eigenvalue weighted by Crippen LogP contribution is -2.34. The van der Waals surface area contributed by atoms with Crippen molar-refractivity contribution < 1.29 is 18.4 Å². The van der Waals surface area contributed by atoms with Crippen LogP contribution in [0.25, 0.3) is 0 Å². The zero-order valence-electron chi connectivity index (χ0n) is 22.4. The van der Waals surface area contributed by atoms with Crippen LogP contribution in [0.2, 0.25) is 0 Å². The van der Waals surface area contributed by atoms with Gasteiger partial charge in [0.1, 0.15) is 11.6 Å². The van der Waals surface area contributed by atoms with Crippen LogP contribution in [0.15, 0.2) is 97.1 Å². The number of anilines is 3. The van der Waals surface area contributed by atoms with Crippen molar-refractivity contribution in [2.45, 2.75) is 12.5 Å². The van der Waals surface area contributed by atoms with Crippen LogP contribution in [0.3, 0.4) is 0 Å². The molecule has 1 aliphatic heterocycles. The highest BCUT2D eigenvalue weighted by Crippen LogP contribution is 2.33. The Kier molecular flexibility index (Phi) is 8.55. The van der Waals surface area contributed by atoms with Crippen LogP contribution in [0.4, 0.5) is 30.6 Å².